The second-order valence-electron chi connectivity index (χ2n) is 9.45. The summed E-state index contributed by atoms with van der Waals surface area (Å²) in [5, 5.41) is 3.49. The number of benzene rings is 2. The molecule has 0 spiro atoms. The van der Waals surface area contributed by atoms with Crippen molar-refractivity contribution in [3.63, 3.8) is 0 Å². The summed E-state index contributed by atoms with van der Waals surface area (Å²) in [7, 11) is 0. The number of nitrogens with one attached hydrogen (secondary N) is 1. The molecule has 2 aromatic heterocycles. The van der Waals surface area contributed by atoms with Crippen molar-refractivity contribution < 1.29 is 13.5 Å². The minimum atomic E-state index is -2.74. The molecule has 2 aliphatic heterocycles. The van der Waals surface area contributed by atoms with Crippen LogP contribution in [0.5, 0.6) is 0 Å². The van der Waals surface area contributed by atoms with Crippen LogP contribution in [0.1, 0.15) is 24.2 Å². The van der Waals surface area contributed by atoms with Gasteiger partial charge in [0.05, 0.1) is 24.2 Å². The minimum absolute atomic E-state index is 0. The predicted molar refractivity (Wildman–Crippen MR) is 146 cm³/mol. The van der Waals surface area contributed by atoms with Crippen LogP contribution in [-0.4, -0.2) is 69.9 Å². The highest BCUT2D eigenvalue weighted by atomic mass is 35.5. The van der Waals surface area contributed by atoms with E-state index < -0.39 is 6.43 Å². The summed E-state index contributed by atoms with van der Waals surface area (Å²) in [5.41, 5.74) is 2.37. The number of morpholine rings is 1. The van der Waals surface area contributed by atoms with E-state index in [2.05, 4.69) is 44.4 Å². The van der Waals surface area contributed by atoms with Crippen LogP contribution in [0.2, 0.25) is 0 Å². The summed E-state index contributed by atoms with van der Waals surface area (Å²) in [6.07, 6.45) is -1.80. The van der Waals surface area contributed by atoms with Gasteiger partial charge in [-0.3, -0.25) is 9.47 Å². The first-order chi connectivity index (χ1) is 18.1. The lowest BCUT2D eigenvalue weighted by Gasteiger charge is -2.28. The Morgan fingerprint density at radius 1 is 0.921 bits per heavy atom. The van der Waals surface area contributed by atoms with Gasteiger partial charge in [-0.05, 0) is 24.1 Å². The van der Waals surface area contributed by atoms with Crippen LogP contribution in [-0.2, 0) is 11.3 Å². The molecule has 38 heavy (non-hydrogen) atoms. The normalized spacial score (nSPS) is 18.2. The van der Waals surface area contributed by atoms with Gasteiger partial charge in [-0.1, -0.05) is 42.5 Å². The fourth-order valence-corrected chi connectivity index (χ4v) is 5.11. The van der Waals surface area contributed by atoms with Gasteiger partial charge in [0.1, 0.15) is 11.6 Å². The van der Waals surface area contributed by atoms with Crippen molar-refractivity contribution in [1.29, 1.82) is 0 Å². The number of nitrogens with zero attached hydrogens (tertiary/aromatic N) is 6. The monoisotopic (exact) mass is 541 g/mol. The van der Waals surface area contributed by atoms with E-state index >= 15 is 0 Å². The van der Waals surface area contributed by atoms with Crippen LogP contribution < -0.4 is 10.2 Å². The molecular formula is C27H30ClF2N7O. The summed E-state index contributed by atoms with van der Waals surface area (Å²) >= 11 is 0. The number of anilines is 2. The number of imidazole rings is 1. The summed E-state index contributed by atoms with van der Waals surface area (Å²) in [4.78, 5) is 18.2. The van der Waals surface area contributed by atoms with E-state index in [9.17, 15) is 8.78 Å². The van der Waals surface area contributed by atoms with Gasteiger partial charge in [-0.2, -0.15) is 9.97 Å². The Labute approximate surface area is 226 Å². The maximum absolute atomic E-state index is 14.1. The Morgan fingerprint density at radius 3 is 2.45 bits per heavy atom. The molecule has 2 fully saturated rings. The number of para-hydroxylation sites is 2. The maximum atomic E-state index is 14.1. The average molecular weight is 542 g/mol. The molecule has 2 aromatic carbocycles. The van der Waals surface area contributed by atoms with Crippen molar-refractivity contribution in [1.82, 2.24) is 24.4 Å². The molecular weight excluding hydrogens is 512 g/mol. The average Bonchev–Trinajstić information content (AvgIpc) is 3.54. The topological polar surface area (TPSA) is 71.3 Å². The molecule has 200 valence electrons. The molecule has 4 heterocycles. The number of aromatic nitrogens is 4. The fourth-order valence-electron chi connectivity index (χ4n) is 5.11. The zero-order valence-electron chi connectivity index (χ0n) is 20.8. The quantitative estimate of drug-likeness (QED) is 0.364. The van der Waals surface area contributed by atoms with E-state index in [4.69, 9.17) is 14.7 Å². The molecule has 2 saturated heterocycles. The minimum Gasteiger partial charge on any atom is -0.378 e. The van der Waals surface area contributed by atoms with Crippen molar-refractivity contribution in [2.75, 3.05) is 49.6 Å². The number of fused-ring (bicyclic) bond motifs is 1. The first-order valence-corrected chi connectivity index (χ1v) is 12.6. The molecule has 0 bridgehead atoms. The van der Waals surface area contributed by atoms with E-state index in [1.54, 1.807) is 24.3 Å². The molecule has 6 rings (SSSR count). The zero-order chi connectivity index (χ0) is 25.2. The number of hydrogen-bond donors (Lipinski definition) is 1. The molecule has 0 saturated carbocycles. The lowest BCUT2D eigenvalue weighted by atomic mass is 10.2. The smallest absolute Gasteiger partial charge is 0.296 e. The summed E-state index contributed by atoms with van der Waals surface area (Å²) in [6, 6.07) is 19.5. The van der Waals surface area contributed by atoms with Gasteiger partial charge in [0.2, 0.25) is 5.95 Å². The van der Waals surface area contributed by atoms with Gasteiger partial charge in [0.15, 0.2) is 5.82 Å². The third-order valence-electron chi connectivity index (χ3n) is 6.90. The second kappa shape index (κ2) is 11.6. The van der Waals surface area contributed by atoms with Crippen molar-refractivity contribution >= 4 is 35.2 Å². The number of rotatable bonds is 7. The van der Waals surface area contributed by atoms with Crippen LogP contribution >= 0.6 is 12.4 Å². The fraction of sp³-hybridized carbons (Fsp3) is 0.370. The zero-order valence-corrected chi connectivity index (χ0v) is 21.7. The molecule has 2 aliphatic rings. The van der Waals surface area contributed by atoms with Crippen LogP contribution in [0.15, 0.2) is 60.7 Å². The molecule has 8 nitrogen and oxygen atoms in total. The van der Waals surface area contributed by atoms with E-state index in [1.807, 2.05) is 12.1 Å². The lowest BCUT2D eigenvalue weighted by Crippen LogP contribution is -2.37. The van der Waals surface area contributed by atoms with Crippen LogP contribution in [0.25, 0.3) is 16.9 Å². The Balaban J connectivity index is 0.00000294. The number of hydrogen-bond acceptors (Lipinski definition) is 7. The molecule has 11 heteroatoms. The first-order valence-electron chi connectivity index (χ1n) is 12.6. The van der Waals surface area contributed by atoms with Crippen LogP contribution in [0.3, 0.4) is 0 Å². The first kappa shape index (κ1) is 26.3. The molecule has 1 atom stereocenters. The number of likely N-dealkylation sites (tertiary alicyclic amines) is 1. The summed E-state index contributed by atoms with van der Waals surface area (Å²) in [6.45, 7) is 5.24. The highest BCUT2D eigenvalue weighted by Crippen LogP contribution is 2.29. The lowest BCUT2D eigenvalue weighted by molar-refractivity contribution is 0.122. The molecule has 0 aliphatic carbocycles. The highest BCUT2D eigenvalue weighted by molar-refractivity contribution is 5.85. The molecule has 4 aromatic rings. The van der Waals surface area contributed by atoms with E-state index in [-0.39, 0.29) is 24.3 Å². The highest BCUT2D eigenvalue weighted by Gasteiger charge is 2.26. The largest absolute Gasteiger partial charge is 0.378 e. The number of halogens is 3. The van der Waals surface area contributed by atoms with Gasteiger partial charge < -0.3 is 15.0 Å². The molecule has 0 amide bonds. The van der Waals surface area contributed by atoms with Gasteiger partial charge >= 0.3 is 0 Å². The Bertz CT molecular complexity index is 1360. The second-order valence-corrected chi connectivity index (χ2v) is 9.45. The molecule has 0 radical (unpaired) electrons. The van der Waals surface area contributed by atoms with E-state index in [0.717, 1.165) is 26.1 Å². The van der Waals surface area contributed by atoms with Crippen molar-refractivity contribution in [3.05, 3.63) is 72.1 Å². The van der Waals surface area contributed by atoms with Crippen molar-refractivity contribution in [2.45, 2.75) is 25.4 Å². The number of ether oxygens (including phenoxy) is 1. The van der Waals surface area contributed by atoms with E-state index in [1.165, 1.54) is 10.1 Å². The third-order valence-corrected chi connectivity index (χ3v) is 6.90. The van der Waals surface area contributed by atoms with Crippen molar-refractivity contribution in [2.24, 2.45) is 0 Å². The van der Waals surface area contributed by atoms with Crippen LogP contribution in [0.4, 0.5) is 20.5 Å². The summed E-state index contributed by atoms with van der Waals surface area (Å²) in [5.74, 6) is 1.17. The SMILES string of the molecule is Cl.FC(F)c1nc2ccccc2n1-c1cc(N2CCOCC2)nc(N[C@H]2CCN(Cc3ccccc3)C2)n1. The summed E-state index contributed by atoms with van der Waals surface area (Å²) < 4.78 is 35.1. The predicted octanol–water partition coefficient (Wildman–Crippen LogP) is 4.70. The Kier molecular flexibility index (Phi) is 8.01. The van der Waals surface area contributed by atoms with Gasteiger partial charge in [0, 0.05) is 44.8 Å². The molecule has 1 N–H and O–H groups in total. The standard InChI is InChI=1S/C27H29F2N7O.ClH/c28-25(29)26-31-21-8-4-5-9-22(21)36(26)24-16-23(35-12-14-37-15-13-35)32-27(33-24)30-20-10-11-34(18-20)17-19-6-2-1-3-7-19;/h1-9,16,20,25H,10-15,17-18H2,(H,30,32,33);1H/t20-;/m0./s1. The Hall–Kier alpha value is -3.34. The van der Waals surface area contributed by atoms with Gasteiger partial charge in [-0.25, -0.2) is 13.8 Å². The molecule has 0 unspecified atom stereocenters. The third kappa shape index (κ3) is 5.57. The Morgan fingerprint density at radius 2 is 1.66 bits per heavy atom. The number of alkyl halides is 2. The maximum Gasteiger partial charge on any atom is 0.296 e. The van der Waals surface area contributed by atoms with Crippen LogP contribution in [0, 0.1) is 0 Å². The van der Waals surface area contributed by atoms with Crippen molar-refractivity contribution in [3.8, 4) is 5.82 Å². The van der Waals surface area contributed by atoms with E-state index in [0.29, 0.717) is 54.9 Å². The van der Waals surface area contributed by atoms with Gasteiger partial charge in [0.25, 0.3) is 6.43 Å². The van der Waals surface area contributed by atoms with Gasteiger partial charge in [-0.15, -0.1) is 12.4 Å².